The second-order valence-corrected chi connectivity index (χ2v) is 6.92. The van der Waals surface area contributed by atoms with E-state index >= 15 is 0 Å². The summed E-state index contributed by atoms with van der Waals surface area (Å²) in [7, 11) is 0. The summed E-state index contributed by atoms with van der Waals surface area (Å²) in [5, 5.41) is 0. The van der Waals surface area contributed by atoms with Crippen molar-refractivity contribution < 1.29 is 9.59 Å². The lowest BCUT2D eigenvalue weighted by atomic mass is 10.0. The lowest BCUT2D eigenvalue weighted by Gasteiger charge is -2.22. The third-order valence-electron chi connectivity index (χ3n) is 4.57. The van der Waals surface area contributed by atoms with Gasteiger partial charge in [-0.3, -0.25) is 9.59 Å². The van der Waals surface area contributed by atoms with Crippen molar-refractivity contribution in [1.82, 2.24) is 9.88 Å². The predicted molar refractivity (Wildman–Crippen MR) is 94.2 cm³/mol. The van der Waals surface area contributed by atoms with Crippen LogP contribution < -0.4 is 0 Å². The number of amides is 1. The van der Waals surface area contributed by atoms with Crippen molar-refractivity contribution in [1.29, 1.82) is 0 Å². The Morgan fingerprint density at radius 1 is 1.21 bits per heavy atom. The second-order valence-electron chi connectivity index (χ2n) is 6.92. The van der Waals surface area contributed by atoms with Crippen molar-refractivity contribution in [3.63, 3.8) is 0 Å². The number of H-pyrrole nitrogens is 1. The summed E-state index contributed by atoms with van der Waals surface area (Å²) in [5.41, 5.74) is 3.48. The third kappa shape index (κ3) is 3.58. The van der Waals surface area contributed by atoms with Gasteiger partial charge in [-0.25, -0.2) is 0 Å². The summed E-state index contributed by atoms with van der Waals surface area (Å²) in [6.45, 7) is 6.46. The summed E-state index contributed by atoms with van der Waals surface area (Å²) < 4.78 is 0. The minimum atomic E-state index is -0.0347. The summed E-state index contributed by atoms with van der Waals surface area (Å²) in [4.78, 5) is 29.1. The van der Waals surface area contributed by atoms with Gasteiger partial charge in [0.2, 0.25) is 0 Å². The third-order valence-corrected chi connectivity index (χ3v) is 4.57. The minimum Gasteiger partial charge on any atom is -0.356 e. The van der Waals surface area contributed by atoms with E-state index in [1.807, 2.05) is 4.90 Å². The normalized spacial score (nSPS) is 14.0. The van der Waals surface area contributed by atoms with Crippen LogP contribution in [-0.4, -0.2) is 27.6 Å². The first-order valence-corrected chi connectivity index (χ1v) is 8.55. The summed E-state index contributed by atoms with van der Waals surface area (Å²) in [6.07, 6.45) is 3.71. The Morgan fingerprint density at radius 3 is 2.38 bits per heavy atom. The molecule has 0 saturated heterocycles. The first-order valence-electron chi connectivity index (χ1n) is 8.55. The molecule has 0 aliphatic heterocycles. The number of hydrogen-bond acceptors (Lipinski definition) is 2. The van der Waals surface area contributed by atoms with Gasteiger partial charge in [0.1, 0.15) is 5.69 Å². The molecule has 0 spiro atoms. The molecule has 1 aliphatic carbocycles. The summed E-state index contributed by atoms with van der Waals surface area (Å²) in [5.74, 6) is 0.439. The van der Waals surface area contributed by atoms with Crippen LogP contribution in [0.2, 0.25) is 0 Å². The smallest absolute Gasteiger partial charge is 0.270 e. The van der Waals surface area contributed by atoms with E-state index in [-0.39, 0.29) is 11.7 Å². The molecule has 1 saturated carbocycles. The molecule has 126 valence electrons. The average molecular weight is 324 g/mol. The molecule has 1 heterocycles. The second kappa shape index (κ2) is 6.63. The Bertz CT molecular complexity index is 739. The van der Waals surface area contributed by atoms with Crippen LogP contribution in [0.15, 0.2) is 36.5 Å². The van der Waals surface area contributed by atoms with Gasteiger partial charge in [-0.1, -0.05) is 38.1 Å². The van der Waals surface area contributed by atoms with Gasteiger partial charge in [-0.05, 0) is 42.9 Å². The molecule has 4 heteroatoms. The lowest BCUT2D eigenvalue weighted by molar-refractivity contribution is 0.0724. The van der Waals surface area contributed by atoms with Crippen molar-refractivity contribution in [2.45, 2.75) is 52.1 Å². The zero-order valence-corrected chi connectivity index (χ0v) is 14.5. The highest BCUT2D eigenvalue weighted by atomic mass is 16.2. The Hall–Kier alpha value is -2.36. The molecule has 2 aromatic rings. The Kier molecular flexibility index (Phi) is 4.56. The molecule has 1 aromatic heterocycles. The Balaban J connectivity index is 1.76. The number of rotatable bonds is 6. The van der Waals surface area contributed by atoms with Gasteiger partial charge in [0.05, 0.1) is 0 Å². The van der Waals surface area contributed by atoms with Crippen LogP contribution in [0.3, 0.4) is 0 Å². The van der Waals surface area contributed by atoms with Gasteiger partial charge in [0.15, 0.2) is 5.78 Å². The van der Waals surface area contributed by atoms with Crippen LogP contribution >= 0.6 is 0 Å². The topological polar surface area (TPSA) is 53.2 Å². The fraction of sp³-hybridized carbons (Fsp3) is 0.400. The number of carbonyl (C=O) groups is 2. The number of hydrogen-bond donors (Lipinski definition) is 1. The average Bonchev–Trinajstić information content (AvgIpc) is 3.27. The number of benzene rings is 1. The molecule has 24 heavy (non-hydrogen) atoms. The molecule has 0 unspecified atom stereocenters. The molecular weight excluding hydrogens is 300 g/mol. The van der Waals surface area contributed by atoms with Crippen LogP contribution in [0.5, 0.6) is 0 Å². The Morgan fingerprint density at radius 2 is 1.88 bits per heavy atom. The highest BCUT2D eigenvalue weighted by Gasteiger charge is 2.33. The van der Waals surface area contributed by atoms with E-state index in [0.29, 0.717) is 29.8 Å². The maximum atomic E-state index is 12.8. The monoisotopic (exact) mass is 324 g/mol. The number of carbonyl (C=O) groups excluding carboxylic acids is 2. The lowest BCUT2D eigenvalue weighted by Crippen LogP contribution is -2.32. The zero-order valence-electron chi connectivity index (χ0n) is 14.5. The van der Waals surface area contributed by atoms with Gasteiger partial charge in [0, 0.05) is 24.3 Å². The Labute approximate surface area is 142 Å². The van der Waals surface area contributed by atoms with E-state index < -0.39 is 0 Å². The SMILES string of the molecule is CC(=O)c1c[nH]c(C(=O)N(Cc2ccc(C(C)C)cc2)C2CC2)c1. The predicted octanol–water partition coefficient (Wildman–Crippen LogP) is 4.15. The van der Waals surface area contributed by atoms with Crippen LogP contribution in [0.25, 0.3) is 0 Å². The molecule has 1 aliphatic rings. The van der Waals surface area contributed by atoms with Crippen molar-refractivity contribution in [2.75, 3.05) is 0 Å². The van der Waals surface area contributed by atoms with Crippen LogP contribution in [0.1, 0.15) is 71.5 Å². The molecule has 0 radical (unpaired) electrons. The summed E-state index contributed by atoms with van der Waals surface area (Å²) in [6, 6.07) is 10.4. The fourth-order valence-electron chi connectivity index (χ4n) is 2.83. The van der Waals surface area contributed by atoms with Crippen molar-refractivity contribution in [3.05, 3.63) is 58.9 Å². The van der Waals surface area contributed by atoms with Crippen molar-refractivity contribution >= 4 is 11.7 Å². The zero-order chi connectivity index (χ0) is 17.3. The van der Waals surface area contributed by atoms with E-state index in [9.17, 15) is 9.59 Å². The molecular formula is C20H24N2O2. The molecule has 1 aromatic carbocycles. The van der Waals surface area contributed by atoms with Crippen LogP contribution in [0.4, 0.5) is 0 Å². The van der Waals surface area contributed by atoms with Gasteiger partial charge in [0.25, 0.3) is 5.91 Å². The quantitative estimate of drug-likeness (QED) is 0.812. The van der Waals surface area contributed by atoms with E-state index in [0.717, 1.165) is 18.4 Å². The van der Waals surface area contributed by atoms with E-state index in [1.165, 1.54) is 12.5 Å². The van der Waals surface area contributed by atoms with E-state index in [4.69, 9.17) is 0 Å². The molecule has 0 bridgehead atoms. The maximum Gasteiger partial charge on any atom is 0.270 e. The molecule has 0 atom stereocenters. The van der Waals surface area contributed by atoms with Crippen LogP contribution in [-0.2, 0) is 6.54 Å². The highest BCUT2D eigenvalue weighted by molar-refractivity contribution is 5.99. The fourth-order valence-corrected chi connectivity index (χ4v) is 2.83. The number of aromatic amines is 1. The number of Topliss-reactive ketones (excluding diaryl/α,β-unsaturated/α-hetero) is 1. The number of nitrogens with zero attached hydrogens (tertiary/aromatic N) is 1. The summed E-state index contributed by atoms with van der Waals surface area (Å²) >= 11 is 0. The van der Waals surface area contributed by atoms with Crippen LogP contribution in [0, 0.1) is 0 Å². The van der Waals surface area contributed by atoms with Gasteiger partial charge >= 0.3 is 0 Å². The van der Waals surface area contributed by atoms with Gasteiger partial charge in [-0.2, -0.15) is 0 Å². The molecule has 1 amide bonds. The standard InChI is InChI=1S/C20H24N2O2/c1-13(2)16-6-4-15(5-7-16)12-22(18-8-9-18)20(24)19-10-17(11-21-19)14(3)23/h4-7,10-11,13,18,21H,8-9,12H2,1-3H3. The van der Waals surface area contributed by atoms with E-state index in [1.54, 1.807) is 12.3 Å². The highest BCUT2D eigenvalue weighted by Crippen LogP contribution is 2.30. The maximum absolute atomic E-state index is 12.8. The molecule has 1 N–H and O–H groups in total. The largest absolute Gasteiger partial charge is 0.356 e. The van der Waals surface area contributed by atoms with Gasteiger partial charge < -0.3 is 9.88 Å². The van der Waals surface area contributed by atoms with Crippen molar-refractivity contribution in [2.24, 2.45) is 0 Å². The molecule has 3 rings (SSSR count). The number of nitrogens with one attached hydrogen (secondary N) is 1. The van der Waals surface area contributed by atoms with Gasteiger partial charge in [-0.15, -0.1) is 0 Å². The number of ketones is 1. The molecule has 4 nitrogen and oxygen atoms in total. The molecule has 1 fully saturated rings. The minimum absolute atomic E-state index is 0.0297. The van der Waals surface area contributed by atoms with Crippen molar-refractivity contribution in [3.8, 4) is 0 Å². The first-order chi connectivity index (χ1) is 11.5. The first kappa shape index (κ1) is 16.5. The van der Waals surface area contributed by atoms with E-state index in [2.05, 4.69) is 43.1 Å². The number of aromatic nitrogens is 1.